The minimum absolute atomic E-state index is 0.510. The van der Waals surface area contributed by atoms with E-state index < -0.39 is 0 Å². The number of ether oxygens (including phenoxy) is 1. The average Bonchev–Trinajstić information content (AvgIpc) is 2.58. The summed E-state index contributed by atoms with van der Waals surface area (Å²) in [4.78, 5) is 2.62. The summed E-state index contributed by atoms with van der Waals surface area (Å²) < 4.78 is 5.54. The highest BCUT2D eigenvalue weighted by molar-refractivity contribution is 5.13. The molecule has 1 atom stereocenters. The van der Waals surface area contributed by atoms with Crippen LogP contribution in [0.3, 0.4) is 0 Å². The van der Waals surface area contributed by atoms with Crippen molar-refractivity contribution in [1.29, 1.82) is 0 Å². The van der Waals surface area contributed by atoms with Gasteiger partial charge in [-0.25, -0.2) is 0 Å². The van der Waals surface area contributed by atoms with Gasteiger partial charge in [-0.05, 0) is 31.6 Å². The average molecular weight is 289 g/mol. The van der Waals surface area contributed by atoms with Crippen LogP contribution in [0.25, 0.3) is 0 Å². The van der Waals surface area contributed by atoms with Crippen LogP contribution in [0.2, 0.25) is 0 Å². The molecule has 2 nitrogen and oxygen atoms in total. The van der Waals surface area contributed by atoms with Gasteiger partial charge in [0.15, 0.2) is 0 Å². The smallest absolute Gasteiger partial charge is 0.0744 e. The Morgan fingerprint density at radius 1 is 0.810 bits per heavy atom. The molecule has 0 bridgehead atoms. The van der Waals surface area contributed by atoms with Crippen LogP contribution in [0.4, 0.5) is 0 Å². The van der Waals surface area contributed by atoms with Gasteiger partial charge in [0, 0.05) is 19.0 Å². The Balaban J connectivity index is 1.66. The lowest BCUT2D eigenvalue weighted by molar-refractivity contribution is 0.0125. The Hall–Kier alpha value is -0.520. The third-order valence-corrected chi connectivity index (χ3v) is 5.58. The Bertz CT molecular complexity index is 333. The molecule has 0 N–H and O–H groups in total. The van der Waals surface area contributed by atoms with Gasteiger partial charge in [0.1, 0.15) is 0 Å². The van der Waals surface area contributed by atoms with Crippen molar-refractivity contribution in [2.24, 2.45) is 11.8 Å². The maximum atomic E-state index is 5.54. The molecule has 2 aliphatic carbocycles. The van der Waals surface area contributed by atoms with E-state index in [1.807, 2.05) is 0 Å². The molecule has 1 aliphatic heterocycles. The molecule has 2 heteroatoms. The molecule has 2 saturated carbocycles. The van der Waals surface area contributed by atoms with E-state index in [0.29, 0.717) is 12.0 Å². The van der Waals surface area contributed by atoms with Crippen LogP contribution >= 0.6 is 0 Å². The van der Waals surface area contributed by atoms with Crippen LogP contribution in [-0.2, 0) is 4.74 Å². The molecule has 0 aromatic carbocycles. The zero-order chi connectivity index (χ0) is 14.3. The summed E-state index contributed by atoms with van der Waals surface area (Å²) in [5.41, 5.74) is 0. The largest absolute Gasteiger partial charge is 0.379 e. The van der Waals surface area contributed by atoms with E-state index in [-0.39, 0.29) is 0 Å². The summed E-state index contributed by atoms with van der Waals surface area (Å²) in [6, 6.07) is 0.510. The summed E-state index contributed by atoms with van der Waals surface area (Å²) in [5.74, 6) is 8.93. The fourth-order valence-electron chi connectivity index (χ4n) is 4.26. The molecule has 0 aromatic rings. The Kier molecular flexibility index (Phi) is 6.01. The maximum Gasteiger partial charge on any atom is 0.0744 e. The molecule has 0 amide bonds. The summed E-state index contributed by atoms with van der Waals surface area (Å²) >= 11 is 0. The summed E-state index contributed by atoms with van der Waals surface area (Å²) in [6.45, 7) is 3.96. The van der Waals surface area contributed by atoms with Gasteiger partial charge in [-0.15, -0.1) is 0 Å². The third kappa shape index (κ3) is 4.47. The van der Waals surface area contributed by atoms with Crippen molar-refractivity contribution in [1.82, 2.24) is 4.90 Å². The predicted molar refractivity (Wildman–Crippen MR) is 87.1 cm³/mol. The van der Waals surface area contributed by atoms with Crippen molar-refractivity contribution in [2.45, 2.75) is 70.3 Å². The van der Waals surface area contributed by atoms with Crippen molar-refractivity contribution >= 4 is 0 Å². The summed E-state index contributed by atoms with van der Waals surface area (Å²) in [5, 5.41) is 0. The highest BCUT2D eigenvalue weighted by Gasteiger charge is 2.28. The molecule has 21 heavy (non-hydrogen) atoms. The van der Waals surface area contributed by atoms with Crippen LogP contribution in [0, 0.1) is 23.7 Å². The molecule has 1 unspecified atom stereocenters. The van der Waals surface area contributed by atoms with Gasteiger partial charge in [0.05, 0.1) is 19.3 Å². The van der Waals surface area contributed by atoms with Crippen LogP contribution in [-0.4, -0.2) is 37.2 Å². The quantitative estimate of drug-likeness (QED) is 0.716. The highest BCUT2D eigenvalue weighted by atomic mass is 16.5. The normalized spacial score (nSPS) is 27.8. The second-order valence-electron chi connectivity index (χ2n) is 7.11. The van der Waals surface area contributed by atoms with Crippen LogP contribution in [0.15, 0.2) is 0 Å². The molecule has 3 aliphatic rings. The number of rotatable bonds is 2. The molecule has 3 rings (SSSR count). The number of nitrogens with zero attached hydrogens (tertiary/aromatic N) is 1. The highest BCUT2D eigenvalue weighted by Crippen LogP contribution is 2.30. The second kappa shape index (κ2) is 8.20. The van der Waals surface area contributed by atoms with Gasteiger partial charge < -0.3 is 4.74 Å². The minimum atomic E-state index is 0.510. The number of hydrogen-bond acceptors (Lipinski definition) is 2. The van der Waals surface area contributed by atoms with E-state index in [4.69, 9.17) is 4.74 Å². The molecule has 1 saturated heterocycles. The molecule has 0 spiro atoms. The molecule has 118 valence electrons. The first-order valence-corrected chi connectivity index (χ1v) is 9.26. The van der Waals surface area contributed by atoms with Gasteiger partial charge >= 0.3 is 0 Å². The van der Waals surface area contributed by atoms with Crippen molar-refractivity contribution in [3.05, 3.63) is 0 Å². The number of morpholine rings is 1. The van der Waals surface area contributed by atoms with E-state index in [1.165, 1.54) is 64.2 Å². The van der Waals surface area contributed by atoms with Gasteiger partial charge in [-0.2, -0.15) is 0 Å². The van der Waals surface area contributed by atoms with E-state index >= 15 is 0 Å². The topological polar surface area (TPSA) is 12.5 Å². The van der Waals surface area contributed by atoms with Crippen LogP contribution < -0.4 is 0 Å². The molecular formula is C19H31NO. The lowest BCUT2D eigenvalue weighted by Gasteiger charge is -2.37. The third-order valence-electron chi connectivity index (χ3n) is 5.58. The molecule has 3 fully saturated rings. The summed E-state index contributed by atoms with van der Waals surface area (Å²) in [6.07, 6.45) is 13.9. The van der Waals surface area contributed by atoms with Gasteiger partial charge in [-0.3, -0.25) is 4.90 Å². The predicted octanol–water partition coefficient (Wildman–Crippen LogP) is 3.85. The molecular weight excluding hydrogens is 258 g/mol. The van der Waals surface area contributed by atoms with Gasteiger partial charge in [0.2, 0.25) is 0 Å². The van der Waals surface area contributed by atoms with E-state index in [9.17, 15) is 0 Å². The van der Waals surface area contributed by atoms with Crippen molar-refractivity contribution in [3.8, 4) is 11.8 Å². The van der Waals surface area contributed by atoms with E-state index in [0.717, 1.165) is 32.2 Å². The SMILES string of the molecule is C(#CC(C1CCCCC1)N1CCOCC1)C1CCCCC1. The van der Waals surface area contributed by atoms with Crippen molar-refractivity contribution < 1.29 is 4.74 Å². The van der Waals surface area contributed by atoms with Crippen molar-refractivity contribution in [2.75, 3.05) is 26.3 Å². The molecule has 1 heterocycles. The van der Waals surface area contributed by atoms with E-state index in [1.54, 1.807) is 0 Å². The van der Waals surface area contributed by atoms with Crippen LogP contribution in [0.5, 0.6) is 0 Å². The monoisotopic (exact) mass is 289 g/mol. The first-order chi connectivity index (χ1) is 10.4. The Labute approximate surface area is 130 Å². The second-order valence-corrected chi connectivity index (χ2v) is 7.11. The standard InChI is InChI=1S/C19H31NO/c1-3-7-17(8-4-1)11-12-19(18-9-5-2-6-10-18)20-13-15-21-16-14-20/h17-19H,1-10,13-16H2. The van der Waals surface area contributed by atoms with Crippen molar-refractivity contribution in [3.63, 3.8) is 0 Å². The first kappa shape index (κ1) is 15.4. The lowest BCUT2D eigenvalue weighted by Crippen LogP contribution is -2.46. The summed E-state index contributed by atoms with van der Waals surface area (Å²) in [7, 11) is 0. The van der Waals surface area contributed by atoms with Crippen LogP contribution in [0.1, 0.15) is 64.2 Å². The minimum Gasteiger partial charge on any atom is -0.379 e. The number of hydrogen-bond donors (Lipinski definition) is 0. The van der Waals surface area contributed by atoms with Gasteiger partial charge in [0.25, 0.3) is 0 Å². The first-order valence-electron chi connectivity index (χ1n) is 9.26. The van der Waals surface area contributed by atoms with Gasteiger partial charge in [-0.1, -0.05) is 50.4 Å². The molecule has 0 radical (unpaired) electrons. The fourth-order valence-corrected chi connectivity index (χ4v) is 4.26. The Morgan fingerprint density at radius 3 is 2.10 bits per heavy atom. The fraction of sp³-hybridized carbons (Fsp3) is 0.895. The van der Waals surface area contributed by atoms with E-state index in [2.05, 4.69) is 16.7 Å². The lowest BCUT2D eigenvalue weighted by atomic mass is 9.82. The molecule has 0 aromatic heterocycles. The zero-order valence-corrected chi connectivity index (χ0v) is 13.5. The zero-order valence-electron chi connectivity index (χ0n) is 13.5. The maximum absolute atomic E-state index is 5.54. The Morgan fingerprint density at radius 2 is 1.43 bits per heavy atom.